The van der Waals surface area contributed by atoms with E-state index in [4.69, 9.17) is 9.72 Å². The van der Waals surface area contributed by atoms with Crippen LogP contribution in [0.2, 0.25) is 0 Å². The van der Waals surface area contributed by atoms with Crippen LogP contribution in [0.4, 0.5) is 0 Å². The highest BCUT2D eigenvalue weighted by molar-refractivity contribution is 6.04. The maximum atomic E-state index is 9.28. The van der Waals surface area contributed by atoms with Crippen molar-refractivity contribution in [3.8, 4) is 39.7 Å². The summed E-state index contributed by atoms with van der Waals surface area (Å²) in [6.45, 7) is 1.69. The zero-order valence-electron chi connectivity index (χ0n) is 20.4. The van der Waals surface area contributed by atoms with Crippen molar-refractivity contribution in [2.24, 2.45) is 5.16 Å². The number of H-pyrrole nitrogens is 1. The number of aromatic nitrogens is 3. The lowest BCUT2D eigenvalue weighted by Gasteiger charge is -2.10. The summed E-state index contributed by atoms with van der Waals surface area (Å²) >= 11 is 0. The van der Waals surface area contributed by atoms with E-state index in [2.05, 4.69) is 40.2 Å². The molecule has 0 bridgehead atoms. The first-order chi connectivity index (χ1) is 17.1. The van der Waals surface area contributed by atoms with Gasteiger partial charge in [0, 0.05) is 41.2 Å². The highest BCUT2D eigenvalue weighted by Crippen LogP contribution is 2.35. The van der Waals surface area contributed by atoms with Gasteiger partial charge in [-0.05, 0) is 81.4 Å². The fourth-order valence-corrected chi connectivity index (χ4v) is 4.45. The molecule has 2 aromatic carbocycles. The molecular formula is C28H30ClN5O2. The van der Waals surface area contributed by atoms with E-state index in [1.54, 1.807) is 12.4 Å². The van der Waals surface area contributed by atoms with Crippen LogP contribution >= 0.6 is 12.4 Å². The molecule has 2 heterocycles. The number of nitrogens with zero attached hydrogens (tertiary/aromatic N) is 4. The lowest BCUT2D eigenvalue weighted by Crippen LogP contribution is -2.15. The van der Waals surface area contributed by atoms with Gasteiger partial charge in [0.15, 0.2) is 0 Å². The van der Waals surface area contributed by atoms with Gasteiger partial charge in [-0.25, -0.2) is 4.98 Å². The Kier molecular flexibility index (Phi) is 8.03. The molecule has 186 valence electrons. The smallest absolute Gasteiger partial charge is 0.138 e. The van der Waals surface area contributed by atoms with Crippen LogP contribution in [0.15, 0.2) is 72.1 Å². The standard InChI is InChI=1S/C28H29N5O2.ClH/c1-33(2)16-3-17-35-23-8-4-20(5-9-23)28-30-26(19-12-14-29-15-13-19)27(31-28)22-6-10-24-21(18-22)7-11-25(24)32-34;/h4-6,8-10,12-15,18,34H,3,7,11,16-17H2,1-2H3,(H,30,31);1H/b32-25-;. The van der Waals surface area contributed by atoms with Crippen LogP contribution in [0.5, 0.6) is 5.75 Å². The van der Waals surface area contributed by atoms with Gasteiger partial charge in [-0.3, -0.25) is 4.98 Å². The Bertz CT molecular complexity index is 1330. The van der Waals surface area contributed by atoms with E-state index in [0.29, 0.717) is 6.61 Å². The Morgan fingerprint density at radius 1 is 0.972 bits per heavy atom. The molecule has 5 rings (SSSR count). The first kappa shape index (κ1) is 25.4. The summed E-state index contributed by atoms with van der Waals surface area (Å²) in [7, 11) is 4.13. The molecule has 36 heavy (non-hydrogen) atoms. The third-order valence-electron chi connectivity index (χ3n) is 6.26. The van der Waals surface area contributed by atoms with E-state index in [-0.39, 0.29) is 12.4 Å². The average molecular weight is 504 g/mol. The second kappa shape index (κ2) is 11.4. The molecule has 1 aliphatic rings. The van der Waals surface area contributed by atoms with E-state index >= 15 is 0 Å². The van der Waals surface area contributed by atoms with E-state index in [0.717, 1.165) is 76.7 Å². The number of halogens is 1. The number of hydrogen-bond acceptors (Lipinski definition) is 6. The van der Waals surface area contributed by atoms with E-state index in [1.807, 2.05) is 48.5 Å². The summed E-state index contributed by atoms with van der Waals surface area (Å²) in [4.78, 5) is 14.9. The Hall–Kier alpha value is -3.68. The van der Waals surface area contributed by atoms with Crippen LogP contribution in [0.1, 0.15) is 24.0 Å². The zero-order valence-corrected chi connectivity index (χ0v) is 21.3. The van der Waals surface area contributed by atoms with Crippen molar-refractivity contribution in [1.82, 2.24) is 19.9 Å². The molecule has 0 saturated carbocycles. The minimum atomic E-state index is 0. The zero-order chi connectivity index (χ0) is 24.2. The molecule has 8 heteroatoms. The number of fused-ring (bicyclic) bond motifs is 1. The summed E-state index contributed by atoms with van der Waals surface area (Å²) in [6.07, 6.45) is 6.17. The van der Waals surface area contributed by atoms with Crippen LogP contribution in [-0.2, 0) is 6.42 Å². The number of aryl methyl sites for hydroxylation is 1. The predicted octanol–water partition coefficient (Wildman–Crippen LogP) is 5.68. The number of benzene rings is 2. The van der Waals surface area contributed by atoms with Gasteiger partial charge in [0.25, 0.3) is 0 Å². The second-order valence-electron chi connectivity index (χ2n) is 8.99. The monoisotopic (exact) mass is 503 g/mol. The molecule has 1 aliphatic carbocycles. The van der Waals surface area contributed by atoms with Crippen LogP contribution in [0.3, 0.4) is 0 Å². The molecule has 0 aliphatic heterocycles. The molecule has 4 aromatic rings. The summed E-state index contributed by atoms with van der Waals surface area (Å²) in [5.41, 5.74) is 7.80. The third kappa shape index (κ3) is 5.42. The van der Waals surface area contributed by atoms with E-state index in [1.165, 1.54) is 5.56 Å². The summed E-state index contributed by atoms with van der Waals surface area (Å²) in [6, 6.07) is 18.2. The van der Waals surface area contributed by atoms with Gasteiger partial charge in [-0.15, -0.1) is 12.4 Å². The number of hydrogen-bond donors (Lipinski definition) is 2. The first-order valence-corrected chi connectivity index (χ1v) is 11.9. The van der Waals surface area contributed by atoms with Gasteiger partial charge in [0.05, 0.1) is 23.7 Å². The van der Waals surface area contributed by atoms with Crippen molar-refractivity contribution >= 4 is 18.1 Å². The summed E-state index contributed by atoms with van der Waals surface area (Å²) in [5.74, 6) is 1.65. The van der Waals surface area contributed by atoms with Gasteiger partial charge in [-0.1, -0.05) is 17.3 Å². The minimum absolute atomic E-state index is 0. The Morgan fingerprint density at radius 2 is 1.72 bits per heavy atom. The fourth-order valence-electron chi connectivity index (χ4n) is 4.45. The molecule has 0 atom stereocenters. The molecule has 0 saturated heterocycles. The highest BCUT2D eigenvalue weighted by atomic mass is 35.5. The maximum absolute atomic E-state index is 9.28. The topological polar surface area (TPSA) is 86.6 Å². The van der Waals surface area contributed by atoms with Crippen molar-refractivity contribution in [3.63, 3.8) is 0 Å². The highest BCUT2D eigenvalue weighted by Gasteiger charge is 2.21. The number of nitrogens with one attached hydrogen (secondary N) is 1. The lowest BCUT2D eigenvalue weighted by molar-refractivity contribution is 0.281. The van der Waals surface area contributed by atoms with Crippen molar-refractivity contribution in [2.75, 3.05) is 27.2 Å². The van der Waals surface area contributed by atoms with Gasteiger partial charge in [-0.2, -0.15) is 0 Å². The van der Waals surface area contributed by atoms with Gasteiger partial charge in [0.1, 0.15) is 11.6 Å². The normalized spacial score (nSPS) is 13.6. The number of aromatic amines is 1. The fraction of sp³-hybridized carbons (Fsp3) is 0.250. The SMILES string of the molecule is CN(C)CCCOc1ccc(-c2nc(-c3ccc4c(c3)CC/C4=N/O)c(-c3ccncc3)[nH]2)cc1.Cl. The first-order valence-electron chi connectivity index (χ1n) is 11.9. The molecule has 0 radical (unpaired) electrons. The van der Waals surface area contributed by atoms with Crippen LogP contribution in [0.25, 0.3) is 33.9 Å². The molecular weight excluding hydrogens is 474 g/mol. The van der Waals surface area contributed by atoms with E-state index in [9.17, 15) is 5.21 Å². The number of ether oxygens (including phenoxy) is 1. The van der Waals surface area contributed by atoms with Crippen molar-refractivity contribution in [1.29, 1.82) is 0 Å². The maximum Gasteiger partial charge on any atom is 0.138 e. The largest absolute Gasteiger partial charge is 0.494 e. The molecule has 2 aromatic heterocycles. The third-order valence-corrected chi connectivity index (χ3v) is 6.26. The van der Waals surface area contributed by atoms with Gasteiger partial charge < -0.3 is 19.8 Å². The number of rotatable bonds is 8. The molecule has 0 unspecified atom stereocenters. The predicted molar refractivity (Wildman–Crippen MR) is 145 cm³/mol. The van der Waals surface area contributed by atoms with Gasteiger partial charge >= 0.3 is 0 Å². The Morgan fingerprint density at radius 3 is 2.44 bits per heavy atom. The lowest BCUT2D eigenvalue weighted by atomic mass is 10.0. The second-order valence-corrected chi connectivity index (χ2v) is 8.99. The molecule has 0 amide bonds. The van der Waals surface area contributed by atoms with Crippen LogP contribution < -0.4 is 4.74 Å². The van der Waals surface area contributed by atoms with Crippen molar-refractivity contribution in [2.45, 2.75) is 19.3 Å². The average Bonchev–Trinajstić information content (AvgIpc) is 3.51. The Balaban J connectivity index is 0.00000304. The van der Waals surface area contributed by atoms with Crippen molar-refractivity contribution in [3.05, 3.63) is 78.1 Å². The quantitative estimate of drug-likeness (QED) is 0.183. The Labute approximate surface area is 217 Å². The molecule has 2 N–H and O–H groups in total. The van der Waals surface area contributed by atoms with Crippen molar-refractivity contribution < 1.29 is 9.94 Å². The molecule has 0 fully saturated rings. The number of imidazole rings is 1. The van der Waals surface area contributed by atoms with Gasteiger partial charge in [0.2, 0.25) is 0 Å². The molecule has 7 nitrogen and oxygen atoms in total. The number of pyridine rings is 1. The van der Waals surface area contributed by atoms with Crippen LogP contribution in [-0.4, -0.2) is 58.0 Å². The summed E-state index contributed by atoms with van der Waals surface area (Å²) < 4.78 is 5.88. The molecule has 0 spiro atoms. The number of oxime groups is 1. The van der Waals surface area contributed by atoms with E-state index < -0.39 is 0 Å². The van der Waals surface area contributed by atoms with Crippen LogP contribution in [0, 0.1) is 0 Å². The summed E-state index contributed by atoms with van der Waals surface area (Å²) in [5, 5.41) is 12.7. The minimum Gasteiger partial charge on any atom is -0.494 e.